The van der Waals surface area contributed by atoms with Gasteiger partial charge in [-0.15, -0.1) is 0 Å². The summed E-state index contributed by atoms with van der Waals surface area (Å²) in [6, 6.07) is 7.85. The molecule has 0 aliphatic heterocycles. The first kappa shape index (κ1) is 13.3. The van der Waals surface area contributed by atoms with Crippen molar-refractivity contribution in [3.8, 4) is 5.75 Å². The Hall–Kier alpha value is -1.77. The van der Waals surface area contributed by atoms with Crippen molar-refractivity contribution in [3.05, 3.63) is 41.5 Å². The first-order valence-electron chi connectivity index (χ1n) is 5.63. The number of aliphatic carboxylic acids is 1. The maximum Gasteiger partial charge on any atom is 0.331 e. The number of carboxylic acid groups (broad SMARTS) is 1. The Morgan fingerprint density at radius 1 is 1.35 bits per heavy atom. The normalized spacial score (nSPS) is 11.6. The van der Waals surface area contributed by atoms with Crippen LogP contribution in [0.4, 0.5) is 0 Å². The quantitative estimate of drug-likeness (QED) is 0.796. The van der Waals surface area contributed by atoms with Gasteiger partial charge in [-0.2, -0.15) is 0 Å². The highest BCUT2D eigenvalue weighted by atomic mass is 16.5. The van der Waals surface area contributed by atoms with Crippen LogP contribution in [0.25, 0.3) is 0 Å². The standard InChI is InChI=1S/C14H18O3/c1-10(2)12-4-6-13(7-5-12)17-9-8-11(3)14(15)16/h4-8,10H,9H2,1-3H3,(H,15,16). The lowest BCUT2D eigenvalue weighted by Gasteiger charge is -2.07. The van der Waals surface area contributed by atoms with Gasteiger partial charge in [0, 0.05) is 5.57 Å². The highest BCUT2D eigenvalue weighted by molar-refractivity contribution is 5.85. The molecule has 1 aromatic carbocycles. The Balaban J connectivity index is 2.53. The van der Waals surface area contributed by atoms with Crippen LogP contribution in [0, 0.1) is 0 Å². The van der Waals surface area contributed by atoms with Crippen LogP contribution >= 0.6 is 0 Å². The lowest BCUT2D eigenvalue weighted by Crippen LogP contribution is -2.00. The first-order chi connectivity index (χ1) is 8.00. The third-order valence-electron chi connectivity index (χ3n) is 2.52. The second-order valence-corrected chi connectivity index (χ2v) is 4.23. The molecule has 92 valence electrons. The number of hydrogen-bond acceptors (Lipinski definition) is 2. The maximum atomic E-state index is 10.5. The summed E-state index contributed by atoms with van der Waals surface area (Å²) < 4.78 is 5.42. The zero-order valence-electron chi connectivity index (χ0n) is 10.4. The molecule has 0 heterocycles. The molecule has 1 aromatic rings. The van der Waals surface area contributed by atoms with Crippen LogP contribution in [0.3, 0.4) is 0 Å². The zero-order valence-corrected chi connectivity index (χ0v) is 10.4. The van der Waals surface area contributed by atoms with Crippen LogP contribution in [-0.4, -0.2) is 17.7 Å². The van der Waals surface area contributed by atoms with E-state index in [0.29, 0.717) is 11.5 Å². The van der Waals surface area contributed by atoms with E-state index in [2.05, 4.69) is 13.8 Å². The van der Waals surface area contributed by atoms with Gasteiger partial charge in [0.25, 0.3) is 0 Å². The van der Waals surface area contributed by atoms with E-state index >= 15 is 0 Å². The number of carboxylic acids is 1. The molecule has 0 aliphatic rings. The van der Waals surface area contributed by atoms with E-state index in [0.717, 1.165) is 5.75 Å². The maximum absolute atomic E-state index is 10.5. The van der Waals surface area contributed by atoms with Crippen LogP contribution < -0.4 is 4.74 Å². The topological polar surface area (TPSA) is 46.5 Å². The zero-order chi connectivity index (χ0) is 12.8. The van der Waals surface area contributed by atoms with Crippen molar-refractivity contribution in [2.75, 3.05) is 6.61 Å². The highest BCUT2D eigenvalue weighted by Gasteiger charge is 2.00. The Bertz CT molecular complexity index is 402. The van der Waals surface area contributed by atoms with E-state index < -0.39 is 5.97 Å². The Morgan fingerprint density at radius 2 is 1.94 bits per heavy atom. The molecule has 0 fully saturated rings. The molecule has 0 saturated heterocycles. The number of ether oxygens (including phenoxy) is 1. The highest BCUT2D eigenvalue weighted by Crippen LogP contribution is 2.18. The SMILES string of the molecule is CC(=CCOc1ccc(C(C)C)cc1)C(=O)O. The summed E-state index contributed by atoms with van der Waals surface area (Å²) in [6.07, 6.45) is 1.55. The van der Waals surface area contributed by atoms with Crippen LogP contribution in [0.5, 0.6) is 5.75 Å². The molecule has 3 heteroatoms. The molecule has 3 nitrogen and oxygen atoms in total. The molecule has 0 saturated carbocycles. The van der Waals surface area contributed by atoms with E-state index in [9.17, 15) is 4.79 Å². The Kier molecular flexibility index (Phi) is 4.76. The second-order valence-electron chi connectivity index (χ2n) is 4.23. The average molecular weight is 234 g/mol. The third-order valence-corrected chi connectivity index (χ3v) is 2.52. The molecule has 0 bridgehead atoms. The van der Waals surface area contributed by atoms with Gasteiger partial charge in [-0.3, -0.25) is 0 Å². The van der Waals surface area contributed by atoms with Crippen LogP contribution in [0.1, 0.15) is 32.3 Å². The van der Waals surface area contributed by atoms with Crippen molar-refractivity contribution >= 4 is 5.97 Å². The second kappa shape index (κ2) is 6.09. The molecule has 0 aliphatic carbocycles. The molecule has 17 heavy (non-hydrogen) atoms. The largest absolute Gasteiger partial charge is 0.490 e. The first-order valence-corrected chi connectivity index (χ1v) is 5.63. The summed E-state index contributed by atoms with van der Waals surface area (Å²) in [4.78, 5) is 10.5. The van der Waals surface area contributed by atoms with E-state index in [1.54, 1.807) is 13.0 Å². The molecular weight excluding hydrogens is 216 g/mol. The molecule has 0 unspecified atom stereocenters. The van der Waals surface area contributed by atoms with Crippen molar-refractivity contribution in [1.29, 1.82) is 0 Å². The molecule has 0 spiro atoms. The summed E-state index contributed by atoms with van der Waals surface area (Å²) in [5.41, 5.74) is 1.55. The van der Waals surface area contributed by atoms with Crippen molar-refractivity contribution in [2.24, 2.45) is 0 Å². The number of hydrogen-bond donors (Lipinski definition) is 1. The van der Waals surface area contributed by atoms with E-state index in [1.807, 2.05) is 24.3 Å². The van der Waals surface area contributed by atoms with E-state index in [4.69, 9.17) is 9.84 Å². The van der Waals surface area contributed by atoms with E-state index in [-0.39, 0.29) is 6.61 Å². The van der Waals surface area contributed by atoms with Crippen molar-refractivity contribution in [3.63, 3.8) is 0 Å². The molecule has 0 amide bonds. The number of benzene rings is 1. The molecule has 0 radical (unpaired) electrons. The van der Waals surface area contributed by atoms with E-state index in [1.165, 1.54) is 5.56 Å². The molecule has 1 N–H and O–H groups in total. The van der Waals surface area contributed by atoms with Gasteiger partial charge < -0.3 is 9.84 Å². The minimum atomic E-state index is -0.913. The lowest BCUT2D eigenvalue weighted by molar-refractivity contribution is -0.132. The van der Waals surface area contributed by atoms with Gasteiger partial charge >= 0.3 is 5.97 Å². The molecule has 0 atom stereocenters. The minimum absolute atomic E-state index is 0.277. The van der Waals surface area contributed by atoms with Crippen molar-refractivity contribution in [2.45, 2.75) is 26.7 Å². The molecule has 1 rings (SSSR count). The third kappa shape index (κ3) is 4.31. The Morgan fingerprint density at radius 3 is 2.41 bits per heavy atom. The summed E-state index contributed by atoms with van der Waals surface area (Å²) in [5, 5.41) is 8.65. The average Bonchev–Trinajstić information content (AvgIpc) is 2.29. The predicted molar refractivity (Wildman–Crippen MR) is 67.4 cm³/mol. The fraction of sp³-hybridized carbons (Fsp3) is 0.357. The fourth-order valence-electron chi connectivity index (χ4n) is 1.30. The van der Waals surface area contributed by atoms with Gasteiger partial charge in [0.1, 0.15) is 12.4 Å². The lowest BCUT2D eigenvalue weighted by atomic mass is 10.0. The Labute approximate surface area is 102 Å². The van der Waals surface area contributed by atoms with Crippen molar-refractivity contribution in [1.82, 2.24) is 0 Å². The van der Waals surface area contributed by atoms with Gasteiger partial charge in [0.2, 0.25) is 0 Å². The summed E-state index contributed by atoms with van der Waals surface area (Å²) in [7, 11) is 0. The number of rotatable bonds is 5. The van der Waals surface area contributed by atoms with Crippen LogP contribution in [0.2, 0.25) is 0 Å². The monoisotopic (exact) mass is 234 g/mol. The molecular formula is C14H18O3. The summed E-state index contributed by atoms with van der Waals surface area (Å²) in [5.74, 6) is 0.339. The van der Waals surface area contributed by atoms with Crippen LogP contribution in [-0.2, 0) is 4.79 Å². The fourth-order valence-corrected chi connectivity index (χ4v) is 1.30. The minimum Gasteiger partial charge on any atom is -0.490 e. The van der Waals surface area contributed by atoms with Gasteiger partial charge in [0.05, 0.1) is 0 Å². The van der Waals surface area contributed by atoms with Gasteiger partial charge in [-0.1, -0.05) is 26.0 Å². The van der Waals surface area contributed by atoms with Gasteiger partial charge in [-0.05, 0) is 36.6 Å². The van der Waals surface area contributed by atoms with Crippen molar-refractivity contribution < 1.29 is 14.6 Å². The summed E-state index contributed by atoms with van der Waals surface area (Å²) in [6.45, 7) is 6.09. The summed E-state index contributed by atoms with van der Waals surface area (Å²) >= 11 is 0. The molecule has 0 aromatic heterocycles. The van der Waals surface area contributed by atoms with Gasteiger partial charge in [0.15, 0.2) is 0 Å². The van der Waals surface area contributed by atoms with Crippen LogP contribution in [0.15, 0.2) is 35.9 Å². The smallest absolute Gasteiger partial charge is 0.331 e. The number of carbonyl (C=O) groups is 1. The predicted octanol–water partition coefficient (Wildman–Crippen LogP) is 3.22. The van der Waals surface area contributed by atoms with Gasteiger partial charge in [-0.25, -0.2) is 4.79 Å².